The number of carbonyl (C=O) groups excluding carboxylic acids is 2. The van der Waals surface area contributed by atoms with E-state index in [2.05, 4.69) is 15.8 Å². The Kier molecular flexibility index (Phi) is 10.2. The number of carbonyl (C=O) groups is 2. The molecule has 8 nitrogen and oxygen atoms in total. The number of nitrogens with one attached hydrogen (secondary N) is 2. The molecule has 2 N–H and O–H groups in total. The van der Waals surface area contributed by atoms with E-state index in [-0.39, 0.29) is 11.8 Å². The molecule has 2 aromatic carbocycles. The summed E-state index contributed by atoms with van der Waals surface area (Å²) in [6.45, 7) is 8.74. The summed E-state index contributed by atoms with van der Waals surface area (Å²) in [5, 5.41) is 6.82. The monoisotopic (exact) mass is 455 g/mol. The number of ether oxygens (including phenoxy) is 3. The number of hydrazone groups is 1. The minimum atomic E-state index is -0.749. The highest BCUT2D eigenvalue weighted by atomic mass is 16.5. The third-order valence-electron chi connectivity index (χ3n) is 4.71. The maximum atomic E-state index is 12.7. The smallest absolute Gasteiger partial charge is 0.262 e. The first-order valence-corrected chi connectivity index (χ1v) is 11.1. The molecule has 0 aliphatic carbocycles. The van der Waals surface area contributed by atoms with E-state index in [0.717, 1.165) is 12.0 Å². The van der Waals surface area contributed by atoms with Gasteiger partial charge in [-0.3, -0.25) is 9.59 Å². The van der Waals surface area contributed by atoms with E-state index < -0.39 is 11.9 Å². The van der Waals surface area contributed by atoms with Crippen molar-refractivity contribution in [1.82, 2.24) is 10.7 Å². The number of nitrogens with zero attached hydrogens (tertiary/aromatic N) is 1. The molecule has 0 bridgehead atoms. The van der Waals surface area contributed by atoms with Crippen LogP contribution in [0.5, 0.6) is 17.2 Å². The van der Waals surface area contributed by atoms with Crippen molar-refractivity contribution in [3.63, 3.8) is 0 Å². The average molecular weight is 456 g/mol. The lowest BCUT2D eigenvalue weighted by molar-refractivity contribution is -0.123. The normalized spacial score (nSPS) is 11.8. The van der Waals surface area contributed by atoms with E-state index in [4.69, 9.17) is 14.2 Å². The number of hydrogen-bond acceptors (Lipinski definition) is 6. The number of methoxy groups -OCH3 is 1. The lowest BCUT2D eigenvalue weighted by atomic mass is 10.0. The first-order valence-electron chi connectivity index (χ1n) is 11.1. The number of hydrogen-bond donors (Lipinski definition) is 2. The lowest BCUT2D eigenvalue weighted by Crippen LogP contribution is -2.48. The largest absolute Gasteiger partial charge is 0.497 e. The maximum absolute atomic E-state index is 12.7. The van der Waals surface area contributed by atoms with Crippen LogP contribution in [0.4, 0.5) is 0 Å². The molecule has 0 saturated heterocycles. The molecule has 0 aliphatic heterocycles. The molecule has 0 aromatic heterocycles. The molecular weight excluding hydrogens is 422 g/mol. The summed E-state index contributed by atoms with van der Waals surface area (Å²) in [6.07, 6.45) is 2.42. The second-order valence-corrected chi connectivity index (χ2v) is 7.65. The van der Waals surface area contributed by atoms with Gasteiger partial charge in [0.05, 0.1) is 26.5 Å². The zero-order chi connectivity index (χ0) is 24.2. The Hall–Kier alpha value is -3.55. The Balaban J connectivity index is 2.03. The van der Waals surface area contributed by atoms with Gasteiger partial charge in [-0.1, -0.05) is 20.8 Å². The van der Waals surface area contributed by atoms with Crippen molar-refractivity contribution in [2.45, 2.75) is 40.2 Å². The fraction of sp³-hybridized carbons (Fsp3) is 0.400. The number of benzene rings is 2. The lowest BCUT2D eigenvalue weighted by Gasteiger charge is -2.20. The number of rotatable bonds is 12. The summed E-state index contributed by atoms with van der Waals surface area (Å²) in [4.78, 5) is 25.2. The molecule has 0 aliphatic rings. The third kappa shape index (κ3) is 7.82. The Morgan fingerprint density at radius 3 is 2.36 bits per heavy atom. The highest BCUT2D eigenvalue weighted by molar-refractivity contribution is 5.97. The first-order chi connectivity index (χ1) is 15.9. The van der Waals surface area contributed by atoms with Crippen molar-refractivity contribution in [2.75, 3.05) is 20.3 Å². The van der Waals surface area contributed by atoms with Gasteiger partial charge in [0.15, 0.2) is 11.5 Å². The van der Waals surface area contributed by atoms with Gasteiger partial charge in [0.1, 0.15) is 11.8 Å². The first kappa shape index (κ1) is 25.7. The summed E-state index contributed by atoms with van der Waals surface area (Å²) < 4.78 is 16.4. The Labute approximate surface area is 195 Å². The van der Waals surface area contributed by atoms with Gasteiger partial charge in [0, 0.05) is 5.56 Å². The minimum absolute atomic E-state index is 0.137. The quantitative estimate of drug-likeness (QED) is 0.375. The fourth-order valence-electron chi connectivity index (χ4n) is 2.95. The van der Waals surface area contributed by atoms with Crippen molar-refractivity contribution in [1.29, 1.82) is 0 Å². The summed E-state index contributed by atoms with van der Waals surface area (Å²) in [7, 11) is 1.56. The molecule has 1 unspecified atom stereocenters. The molecule has 0 fully saturated rings. The van der Waals surface area contributed by atoms with E-state index in [1.165, 1.54) is 6.21 Å². The summed E-state index contributed by atoms with van der Waals surface area (Å²) in [5.74, 6) is 1.04. The molecule has 1 atom stereocenters. The van der Waals surface area contributed by atoms with Gasteiger partial charge in [-0.15, -0.1) is 0 Å². The van der Waals surface area contributed by atoms with Crippen LogP contribution in [0.3, 0.4) is 0 Å². The van der Waals surface area contributed by atoms with Gasteiger partial charge >= 0.3 is 0 Å². The Morgan fingerprint density at radius 1 is 1.03 bits per heavy atom. The van der Waals surface area contributed by atoms with Crippen LogP contribution in [0, 0.1) is 5.92 Å². The van der Waals surface area contributed by atoms with Crippen molar-refractivity contribution in [3.8, 4) is 17.2 Å². The van der Waals surface area contributed by atoms with E-state index in [1.807, 2.05) is 39.8 Å². The molecule has 33 heavy (non-hydrogen) atoms. The maximum Gasteiger partial charge on any atom is 0.262 e. The van der Waals surface area contributed by atoms with Crippen LogP contribution >= 0.6 is 0 Å². The zero-order valence-electron chi connectivity index (χ0n) is 19.9. The second-order valence-electron chi connectivity index (χ2n) is 7.65. The van der Waals surface area contributed by atoms with Gasteiger partial charge in [-0.25, -0.2) is 5.43 Å². The summed E-state index contributed by atoms with van der Waals surface area (Å²) in [6, 6.07) is 11.4. The molecule has 2 rings (SSSR count). The molecular formula is C25H33N3O5. The van der Waals surface area contributed by atoms with Crippen molar-refractivity contribution < 1.29 is 23.8 Å². The molecule has 2 aromatic rings. The van der Waals surface area contributed by atoms with E-state index in [1.54, 1.807) is 37.4 Å². The summed E-state index contributed by atoms with van der Waals surface area (Å²) in [5.41, 5.74) is 3.69. The Morgan fingerprint density at radius 2 is 1.76 bits per heavy atom. The van der Waals surface area contributed by atoms with Gasteiger partial charge in [0.2, 0.25) is 0 Å². The standard InChI is InChI=1S/C25H33N3O5/c1-6-14-33-21-13-8-18(15-22(21)32-7-2)16-26-28-25(30)23(17(3)4)27-24(29)19-9-11-20(31-5)12-10-19/h8-13,15-17,23H,6-7,14H2,1-5H3,(H,27,29)(H,28,30). The molecule has 0 saturated carbocycles. The second kappa shape index (κ2) is 13.1. The van der Waals surface area contributed by atoms with Gasteiger partial charge in [-0.2, -0.15) is 5.10 Å². The van der Waals surface area contributed by atoms with Crippen molar-refractivity contribution in [3.05, 3.63) is 53.6 Å². The zero-order valence-corrected chi connectivity index (χ0v) is 19.9. The van der Waals surface area contributed by atoms with Crippen LogP contribution in [0.2, 0.25) is 0 Å². The van der Waals surface area contributed by atoms with Crippen LogP contribution in [-0.4, -0.2) is 44.4 Å². The molecule has 8 heteroatoms. The van der Waals surface area contributed by atoms with Crippen molar-refractivity contribution >= 4 is 18.0 Å². The van der Waals surface area contributed by atoms with Gasteiger partial charge < -0.3 is 19.5 Å². The van der Waals surface area contributed by atoms with E-state index in [0.29, 0.717) is 36.0 Å². The minimum Gasteiger partial charge on any atom is -0.497 e. The van der Waals surface area contributed by atoms with Crippen LogP contribution in [0.15, 0.2) is 47.6 Å². The number of amides is 2. The van der Waals surface area contributed by atoms with E-state index >= 15 is 0 Å². The summed E-state index contributed by atoms with van der Waals surface area (Å²) >= 11 is 0. The highest BCUT2D eigenvalue weighted by Gasteiger charge is 2.24. The van der Waals surface area contributed by atoms with Crippen LogP contribution in [-0.2, 0) is 4.79 Å². The van der Waals surface area contributed by atoms with Gasteiger partial charge in [0.25, 0.3) is 11.8 Å². The average Bonchev–Trinajstić information content (AvgIpc) is 2.81. The van der Waals surface area contributed by atoms with Crippen LogP contribution in [0.25, 0.3) is 0 Å². The molecule has 0 radical (unpaired) electrons. The molecule has 0 heterocycles. The predicted molar refractivity (Wildman–Crippen MR) is 128 cm³/mol. The fourth-order valence-corrected chi connectivity index (χ4v) is 2.95. The highest BCUT2D eigenvalue weighted by Crippen LogP contribution is 2.28. The molecule has 2 amide bonds. The SMILES string of the molecule is CCCOc1ccc(C=NNC(=O)C(NC(=O)c2ccc(OC)cc2)C(C)C)cc1OCC. The Bertz CT molecular complexity index is 942. The third-order valence-corrected chi connectivity index (χ3v) is 4.71. The van der Waals surface area contributed by atoms with Crippen molar-refractivity contribution in [2.24, 2.45) is 11.0 Å². The van der Waals surface area contributed by atoms with E-state index in [9.17, 15) is 9.59 Å². The van der Waals surface area contributed by atoms with Gasteiger partial charge in [-0.05, 0) is 67.3 Å². The predicted octanol–water partition coefficient (Wildman–Crippen LogP) is 3.79. The van der Waals surface area contributed by atoms with Crippen LogP contribution < -0.4 is 25.0 Å². The molecule has 0 spiro atoms. The van der Waals surface area contributed by atoms with Crippen LogP contribution in [0.1, 0.15) is 50.0 Å². The molecule has 178 valence electrons. The topological polar surface area (TPSA) is 98.2 Å².